The number of carbonyl (C=O) groups is 1. The van der Waals surface area contributed by atoms with Gasteiger partial charge in [-0.1, -0.05) is 6.92 Å². The van der Waals surface area contributed by atoms with Gasteiger partial charge < -0.3 is 10.2 Å². The second-order valence-electron chi connectivity index (χ2n) is 4.09. The lowest BCUT2D eigenvalue weighted by Crippen LogP contribution is -2.35. The first-order chi connectivity index (χ1) is 6.15. The molecular weight excluding hydrogens is 164 g/mol. The first-order valence-electron chi connectivity index (χ1n) is 5.09. The van der Waals surface area contributed by atoms with Gasteiger partial charge in [0, 0.05) is 25.6 Å². The third kappa shape index (κ3) is 2.69. The molecule has 0 aromatic heterocycles. The van der Waals surface area contributed by atoms with Gasteiger partial charge in [-0.2, -0.15) is 0 Å². The van der Waals surface area contributed by atoms with E-state index in [-0.39, 0.29) is 0 Å². The topological polar surface area (TPSA) is 32.3 Å². The number of nitrogens with zero attached hydrogens (tertiary/aromatic N) is 1. The maximum Gasteiger partial charge on any atom is 0.224 e. The molecule has 0 aromatic rings. The summed E-state index contributed by atoms with van der Waals surface area (Å²) in [5.74, 6) is 0.972. The normalized spacial score (nSPS) is 28.1. The molecule has 1 fully saturated rings. The Morgan fingerprint density at radius 1 is 1.54 bits per heavy atom. The van der Waals surface area contributed by atoms with E-state index < -0.39 is 0 Å². The first-order valence-corrected chi connectivity index (χ1v) is 5.09. The van der Waals surface area contributed by atoms with Crippen molar-refractivity contribution in [1.82, 2.24) is 10.2 Å². The molecule has 1 saturated heterocycles. The summed E-state index contributed by atoms with van der Waals surface area (Å²) in [6, 6.07) is 0.444. The van der Waals surface area contributed by atoms with E-state index in [9.17, 15) is 4.79 Å². The van der Waals surface area contributed by atoms with E-state index in [1.54, 1.807) is 0 Å². The molecule has 1 aliphatic heterocycles. The molecule has 1 aliphatic rings. The summed E-state index contributed by atoms with van der Waals surface area (Å²) in [4.78, 5) is 13.7. The quantitative estimate of drug-likeness (QED) is 0.705. The molecule has 0 bridgehead atoms. The Bertz CT molecular complexity index is 182. The van der Waals surface area contributed by atoms with Crippen LogP contribution in [0.15, 0.2) is 0 Å². The zero-order valence-corrected chi connectivity index (χ0v) is 8.84. The highest BCUT2D eigenvalue weighted by molar-refractivity contribution is 5.77. The van der Waals surface area contributed by atoms with Crippen molar-refractivity contribution in [2.75, 3.05) is 20.1 Å². The SMILES string of the molecule is CNCCC(=O)N1CC(C)CC1C. The van der Waals surface area contributed by atoms with Gasteiger partial charge in [-0.25, -0.2) is 0 Å². The molecular formula is C10H20N2O. The van der Waals surface area contributed by atoms with Crippen LogP contribution in [0.4, 0.5) is 0 Å². The second-order valence-corrected chi connectivity index (χ2v) is 4.09. The standard InChI is InChI=1S/C10H20N2O/c1-8-6-9(2)12(7-8)10(13)4-5-11-3/h8-9,11H,4-7H2,1-3H3. The number of rotatable bonds is 3. The monoisotopic (exact) mass is 184 g/mol. The van der Waals surface area contributed by atoms with Crippen LogP contribution in [-0.4, -0.2) is 37.0 Å². The minimum Gasteiger partial charge on any atom is -0.340 e. The lowest BCUT2D eigenvalue weighted by Gasteiger charge is -2.21. The predicted octanol–water partition coefficient (Wildman–Crippen LogP) is 0.853. The van der Waals surface area contributed by atoms with Crippen LogP contribution in [0.25, 0.3) is 0 Å². The van der Waals surface area contributed by atoms with Gasteiger partial charge in [0.15, 0.2) is 0 Å². The zero-order valence-electron chi connectivity index (χ0n) is 8.84. The molecule has 0 aromatic carbocycles. The van der Waals surface area contributed by atoms with Crippen molar-refractivity contribution >= 4 is 5.91 Å². The van der Waals surface area contributed by atoms with Crippen LogP contribution in [0, 0.1) is 5.92 Å². The summed E-state index contributed by atoms with van der Waals surface area (Å²) in [7, 11) is 1.88. The lowest BCUT2D eigenvalue weighted by molar-refractivity contribution is -0.131. The molecule has 2 atom stereocenters. The Hall–Kier alpha value is -0.570. The van der Waals surface area contributed by atoms with E-state index >= 15 is 0 Å². The van der Waals surface area contributed by atoms with Crippen molar-refractivity contribution in [3.63, 3.8) is 0 Å². The molecule has 1 N–H and O–H groups in total. The van der Waals surface area contributed by atoms with Crippen LogP contribution >= 0.6 is 0 Å². The molecule has 0 saturated carbocycles. The highest BCUT2D eigenvalue weighted by atomic mass is 16.2. The van der Waals surface area contributed by atoms with E-state index in [0.29, 0.717) is 24.3 Å². The smallest absolute Gasteiger partial charge is 0.224 e. The summed E-state index contributed by atoms with van der Waals surface area (Å²) < 4.78 is 0. The van der Waals surface area contributed by atoms with Crippen LogP contribution in [-0.2, 0) is 4.79 Å². The van der Waals surface area contributed by atoms with E-state index in [0.717, 1.165) is 19.5 Å². The summed E-state index contributed by atoms with van der Waals surface area (Å²) in [5.41, 5.74) is 0. The van der Waals surface area contributed by atoms with Crippen molar-refractivity contribution in [1.29, 1.82) is 0 Å². The van der Waals surface area contributed by atoms with Gasteiger partial charge in [0.25, 0.3) is 0 Å². The number of hydrogen-bond acceptors (Lipinski definition) is 2. The van der Waals surface area contributed by atoms with Crippen LogP contribution in [0.5, 0.6) is 0 Å². The molecule has 1 amide bonds. The largest absolute Gasteiger partial charge is 0.340 e. The molecule has 3 nitrogen and oxygen atoms in total. The van der Waals surface area contributed by atoms with Crippen molar-refractivity contribution in [3.05, 3.63) is 0 Å². The van der Waals surface area contributed by atoms with E-state index in [1.165, 1.54) is 0 Å². The Morgan fingerprint density at radius 2 is 2.23 bits per heavy atom. The fourth-order valence-electron chi connectivity index (χ4n) is 2.02. The van der Waals surface area contributed by atoms with Gasteiger partial charge in [-0.3, -0.25) is 4.79 Å². The average molecular weight is 184 g/mol. The van der Waals surface area contributed by atoms with Crippen LogP contribution in [0.3, 0.4) is 0 Å². The molecule has 0 aliphatic carbocycles. The van der Waals surface area contributed by atoms with E-state index in [2.05, 4.69) is 19.2 Å². The minimum absolute atomic E-state index is 0.297. The van der Waals surface area contributed by atoms with Crippen molar-refractivity contribution in [3.8, 4) is 0 Å². The Balaban J connectivity index is 2.38. The number of hydrogen-bond donors (Lipinski definition) is 1. The van der Waals surface area contributed by atoms with Crippen LogP contribution in [0.2, 0.25) is 0 Å². The van der Waals surface area contributed by atoms with E-state index in [1.807, 2.05) is 11.9 Å². The van der Waals surface area contributed by atoms with Gasteiger partial charge in [-0.05, 0) is 26.3 Å². The molecule has 1 heterocycles. The van der Waals surface area contributed by atoms with Crippen molar-refractivity contribution in [2.45, 2.75) is 32.7 Å². The number of nitrogens with one attached hydrogen (secondary N) is 1. The maximum atomic E-state index is 11.6. The summed E-state index contributed by atoms with van der Waals surface area (Å²) >= 11 is 0. The molecule has 0 radical (unpaired) electrons. The molecule has 0 spiro atoms. The predicted molar refractivity (Wildman–Crippen MR) is 53.5 cm³/mol. The zero-order chi connectivity index (χ0) is 9.84. The highest BCUT2D eigenvalue weighted by Gasteiger charge is 2.28. The third-order valence-electron chi connectivity index (χ3n) is 2.69. The maximum absolute atomic E-state index is 11.6. The number of likely N-dealkylation sites (tertiary alicyclic amines) is 1. The number of carbonyl (C=O) groups excluding carboxylic acids is 1. The first kappa shape index (κ1) is 10.5. The van der Waals surface area contributed by atoms with Crippen LogP contribution < -0.4 is 5.32 Å². The molecule has 3 heteroatoms. The molecule has 1 rings (SSSR count). The molecule has 2 unspecified atom stereocenters. The van der Waals surface area contributed by atoms with Gasteiger partial charge in [-0.15, -0.1) is 0 Å². The Morgan fingerprint density at radius 3 is 2.69 bits per heavy atom. The van der Waals surface area contributed by atoms with E-state index in [4.69, 9.17) is 0 Å². The van der Waals surface area contributed by atoms with Crippen molar-refractivity contribution in [2.24, 2.45) is 5.92 Å². The average Bonchev–Trinajstić information content (AvgIpc) is 2.41. The minimum atomic E-state index is 0.297. The fourth-order valence-corrected chi connectivity index (χ4v) is 2.02. The van der Waals surface area contributed by atoms with Gasteiger partial charge >= 0.3 is 0 Å². The highest BCUT2D eigenvalue weighted by Crippen LogP contribution is 2.22. The lowest BCUT2D eigenvalue weighted by atomic mass is 10.1. The fraction of sp³-hybridized carbons (Fsp3) is 0.900. The third-order valence-corrected chi connectivity index (χ3v) is 2.69. The van der Waals surface area contributed by atoms with Gasteiger partial charge in [0.1, 0.15) is 0 Å². The Labute approximate surface area is 80.5 Å². The summed E-state index contributed by atoms with van der Waals surface area (Å²) in [5, 5.41) is 3.00. The second kappa shape index (κ2) is 4.61. The van der Waals surface area contributed by atoms with Gasteiger partial charge in [0.05, 0.1) is 0 Å². The van der Waals surface area contributed by atoms with Gasteiger partial charge in [0.2, 0.25) is 5.91 Å². The summed E-state index contributed by atoms with van der Waals surface area (Å²) in [6.07, 6.45) is 1.79. The molecule has 13 heavy (non-hydrogen) atoms. The summed E-state index contributed by atoms with van der Waals surface area (Å²) in [6.45, 7) is 6.09. The van der Waals surface area contributed by atoms with Crippen molar-refractivity contribution < 1.29 is 4.79 Å². The number of amides is 1. The Kier molecular flexibility index (Phi) is 3.72. The molecule has 76 valence electrons. The van der Waals surface area contributed by atoms with Crippen LogP contribution in [0.1, 0.15) is 26.7 Å².